The number of Topliss-reactive ketones (excluding diaryl/α,β-unsaturated/α-hetero) is 1. The van der Waals surface area contributed by atoms with Gasteiger partial charge in [0.1, 0.15) is 0 Å². The smallest absolute Gasteiger partial charge is 0.277 e. The summed E-state index contributed by atoms with van der Waals surface area (Å²) in [6, 6.07) is 3.75. The van der Waals surface area contributed by atoms with Crippen LogP contribution in [0.15, 0.2) is 12.1 Å². The first-order valence-corrected chi connectivity index (χ1v) is 8.49. The Morgan fingerprint density at radius 2 is 1.96 bits per heavy atom. The molecule has 0 bridgehead atoms. The van der Waals surface area contributed by atoms with E-state index in [-0.39, 0.29) is 11.7 Å². The molecule has 1 unspecified atom stereocenters. The van der Waals surface area contributed by atoms with Gasteiger partial charge in [0, 0.05) is 12.6 Å². The van der Waals surface area contributed by atoms with E-state index in [9.17, 15) is 14.4 Å². The molecule has 0 saturated carbocycles. The summed E-state index contributed by atoms with van der Waals surface area (Å²) in [4.78, 5) is 39.2. The number of rotatable bonds is 4. The molecule has 6 heteroatoms. The lowest BCUT2D eigenvalue weighted by atomic mass is 9.83. The lowest BCUT2D eigenvalue weighted by Crippen LogP contribution is -2.56. The Bertz CT molecular complexity index is 687. The van der Waals surface area contributed by atoms with Crippen LogP contribution in [0.2, 0.25) is 0 Å². The van der Waals surface area contributed by atoms with Gasteiger partial charge in [0.25, 0.3) is 11.1 Å². The van der Waals surface area contributed by atoms with Crippen molar-refractivity contribution in [2.75, 3.05) is 11.9 Å². The summed E-state index contributed by atoms with van der Waals surface area (Å²) in [6.07, 6.45) is 1.81. The Labute approximate surface area is 140 Å². The molecule has 2 amide bonds. The lowest BCUT2D eigenvalue weighted by molar-refractivity contribution is -0.119. The Morgan fingerprint density at radius 3 is 2.52 bits per heavy atom. The number of ketones is 1. The van der Waals surface area contributed by atoms with Gasteiger partial charge in [0.05, 0.1) is 5.69 Å². The summed E-state index contributed by atoms with van der Waals surface area (Å²) in [6.45, 7) is 5.76. The second-order valence-electron chi connectivity index (χ2n) is 6.02. The average molecular weight is 334 g/mol. The van der Waals surface area contributed by atoms with Crippen molar-refractivity contribution in [3.05, 3.63) is 28.8 Å². The van der Waals surface area contributed by atoms with Crippen molar-refractivity contribution in [2.45, 2.75) is 44.8 Å². The Hall–Kier alpha value is -1.82. The number of carbonyl (C=O) groups is 3. The lowest BCUT2D eigenvalue weighted by Gasteiger charge is -2.39. The second kappa shape index (κ2) is 6.35. The third-order valence-corrected chi connectivity index (χ3v) is 5.34. The first-order chi connectivity index (χ1) is 10.7. The number of hydrogen-bond donors (Lipinski definition) is 1. The predicted molar refractivity (Wildman–Crippen MR) is 93.1 cm³/mol. The largest absolute Gasteiger partial charge is 0.360 e. The number of aryl methyl sites for hydroxylation is 2. The molecule has 0 aliphatic carbocycles. The van der Waals surface area contributed by atoms with Gasteiger partial charge in [0.2, 0.25) is 0 Å². The molecule has 0 spiro atoms. The van der Waals surface area contributed by atoms with Crippen LogP contribution in [-0.4, -0.2) is 28.7 Å². The predicted octanol–water partition coefficient (Wildman–Crippen LogP) is 3.20. The molecule has 1 heterocycles. The molecule has 1 aliphatic heterocycles. The number of unbranched alkanes of at least 4 members (excludes halogenated alkanes) is 1. The van der Waals surface area contributed by atoms with Gasteiger partial charge in [-0.15, -0.1) is 0 Å². The number of nitrogens with zero attached hydrogens (tertiary/aromatic N) is 1. The summed E-state index contributed by atoms with van der Waals surface area (Å²) in [5.41, 5.74) is 8.25. The highest BCUT2D eigenvalue weighted by molar-refractivity contribution is 8.16. The fourth-order valence-electron chi connectivity index (χ4n) is 3.14. The number of anilines is 1. The molecule has 5 nitrogen and oxygen atoms in total. The molecule has 0 aromatic heterocycles. The van der Waals surface area contributed by atoms with Crippen LogP contribution in [0.1, 0.15) is 47.7 Å². The third-order valence-electron chi connectivity index (χ3n) is 4.22. The molecule has 1 atom stereocenters. The fraction of sp³-hybridized carbons (Fsp3) is 0.471. The molecule has 1 aromatic rings. The summed E-state index contributed by atoms with van der Waals surface area (Å²) < 4.78 is -1.44. The molecule has 0 fully saturated rings. The molecule has 1 aliphatic rings. The van der Waals surface area contributed by atoms with E-state index in [1.165, 1.54) is 4.90 Å². The third kappa shape index (κ3) is 2.87. The first-order valence-electron chi connectivity index (χ1n) is 7.67. The molecule has 0 saturated heterocycles. The zero-order chi connectivity index (χ0) is 17.4. The topological polar surface area (TPSA) is 80.5 Å². The molecule has 2 N–H and O–H groups in total. The minimum Gasteiger partial charge on any atom is -0.360 e. The van der Waals surface area contributed by atoms with Crippen LogP contribution >= 0.6 is 11.8 Å². The van der Waals surface area contributed by atoms with E-state index in [0.29, 0.717) is 35.9 Å². The van der Waals surface area contributed by atoms with Crippen molar-refractivity contribution in [1.82, 2.24) is 0 Å². The Morgan fingerprint density at radius 1 is 1.30 bits per heavy atom. The van der Waals surface area contributed by atoms with E-state index in [1.54, 1.807) is 7.05 Å². The maximum absolute atomic E-state index is 13.2. The van der Waals surface area contributed by atoms with E-state index in [0.717, 1.165) is 17.5 Å². The van der Waals surface area contributed by atoms with Crippen molar-refractivity contribution < 1.29 is 14.4 Å². The zero-order valence-corrected chi connectivity index (χ0v) is 14.8. The van der Waals surface area contributed by atoms with Crippen LogP contribution < -0.4 is 10.6 Å². The maximum atomic E-state index is 13.2. The number of thioether (sulfide) groups is 1. The number of amides is 2. The summed E-state index contributed by atoms with van der Waals surface area (Å²) in [7, 11) is 1.65. The average Bonchev–Trinajstić information content (AvgIpc) is 2.47. The highest BCUT2D eigenvalue weighted by atomic mass is 32.2. The fourth-order valence-corrected chi connectivity index (χ4v) is 4.15. The van der Waals surface area contributed by atoms with Crippen molar-refractivity contribution in [1.29, 1.82) is 0 Å². The minimum atomic E-state index is -1.44. The van der Waals surface area contributed by atoms with Crippen LogP contribution in [0.4, 0.5) is 10.5 Å². The normalized spacial score (nSPS) is 20.6. The van der Waals surface area contributed by atoms with Gasteiger partial charge in [-0.3, -0.25) is 14.4 Å². The Kier molecular flexibility index (Phi) is 4.84. The molecule has 124 valence electrons. The van der Waals surface area contributed by atoms with Gasteiger partial charge in [-0.2, -0.15) is 0 Å². The van der Waals surface area contributed by atoms with Crippen LogP contribution in [0.25, 0.3) is 0 Å². The van der Waals surface area contributed by atoms with Gasteiger partial charge < -0.3 is 10.6 Å². The molecule has 1 aromatic carbocycles. The molecule has 2 rings (SSSR count). The van der Waals surface area contributed by atoms with E-state index < -0.39 is 9.99 Å². The van der Waals surface area contributed by atoms with Crippen molar-refractivity contribution in [3.63, 3.8) is 0 Å². The summed E-state index contributed by atoms with van der Waals surface area (Å²) >= 11 is 0.657. The Balaban J connectivity index is 2.67. The number of carbonyl (C=O) groups excluding carboxylic acids is 3. The van der Waals surface area contributed by atoms with Crippen molar-refractivity contribution >= 4 is 34.4 Å². The number of nitrogens with two attached hydrogens (primary N) is 1. The van der Waals surface area contributed by atoms with Crippen LogP contribution in [0.5, 0.6) is 0 Å². The van der Waals surface area contributed by atoms with Crippen molar-refractivity contribution in [2.24, 2.45) is 5.73 Å². The molecular formula is C17H22N2O3S. The summed E-state index contributed by atoms with van der Waals surface area (Å²) in [5, 5.41) is -0.704. The highest BCUT2D eigenvalue weighted by Crippen LogP contribution is 2.44. The SMILES string of the molecule is CCCCC1(SC(N)=O)C(=O)c2c(C)cc(C)cc2N(C)C1=O. The van der Waals surface area contributed by atoms with Crippen LogP contribution in [0.3, 0.4) is 0 Å². The highest BCUT2D eigenvalue weighted by Gasteiger charge is 2.53. The second-order valence-corrected chi connectivity index (χ2v) is 7.32. The summed E-state index contributed by atoms with van der Waals surface area (Å²) in [5.74, 6) is -0.664. The molecule has 0 radical (unpaired) electrons. The van der Waals surface area contributed by atoms with E-state index >= 15 is 0 Å². The number of hydrogen-bond acceptors (Lipinski definition) is 4. The monoisotopic (exact) mass is 334 g/mol. The first kappa shape index (κ1) is 17.5. The quantitative estimate of drug-likeness (QED) is 0.857. The number of benzene rings is 1. The zero-order valence-electron chi connectivity index (χ0n) is 13.9. The van der Waals surface area contributed by atoms with Gasteiger partial charge in [-0.05, 0) is 49.2 Å². The van der Waals surface area contributed by atoms with Gasteiger partial charge in [0.15, 0.2) is 10.5 Å². The number of fused-ring (bicyclic) bond motifs is 1. The molecule has 23 heavy (non-hydrogen) atoms. The molecular weight excluding hydrogens is 312 g/mol. The van der Waals surface area contributed by atoms with Crippen LogP contribution in [-0.2, 0) is 4.79 Å². The van der Waals surface area contributed by atoms with E-state index in [2.05, 4.69) is 0 Å². The standard InChI is InChI=1S/C17H22N2O3S/c1-5-6-7-17(23-16(18)22)14(20)13-11(3)8-10(2)9-12(13)19(4)15(17)21/h8-9H,5-7H2,1-4H3,(H2,18,22). The van der Waals surface area contributed by atoms with Gasteiger partial charge in [-0.1, -0.05) is 25.8 Å². The minimum absolute atomic E-state index is 0.301. The number of primary amides is 1. The van der Waals surface area contributed by atoms with E-state index in [4.69, 9.17) is 5.73 Å². The van der Waals surface area contributed by atoms with E-state index in [1.807, 2.05) is 32.9 Å². The van der Waals surface area contributed by atoms with Crippen LogP contribution in [0, 0.1) is 13.8 Å². The van der Waals surface area contributed by atoms with Gasteiger partial charge >= 0.3 is 0 Å². The van der Waals surface area contributed by atoms with Gasteiger partial charge in [-0.25, -0.2) is 0 Å². The van der Waals surface area contributed by atoms with Crippen molar-refractivity contribution in [3.8, 4) is 0 Å². The maximum Gasteiger partial charge on any atom is 0.277 e.